The van der Waals surface area contributed by atoms with Crippen molar-refractivity contribution in [1.29, 1.82) is 0 Å². The van der Waals surface area contributed by atoms with E-state index >= 15 is 0 Å². The van der Waals surface area contributed by atoms with Crippen molar-refractivity contribution in [2.45, 2.75) is 13.8 Å². The highest BCUT2D eigenvalue weighted by molar-refractivity contribution is 5.24. The van der Waals surface area contributed by atoms with Gasteiger partial charge in [0.25, 0.3) is 0 Å². The molecule has 0 spiro atoms. The molecule has 0 aliphatic carbocycles. The molecule has 0 radical (unpaired) electrons. The molecule has 62 valence electrons. The minimum atomic E-state index is 0.113. The van der Waals surface area contributed by atoms with E-state index in [0.29, 0.717) is 5.76 Å². The molecule has 0 bridgehead atoms. The zero-order valence-corrected chi connectivity index (χ0v) is 7.22. The molecule has 0 unspecified atom stereocenters. The molecule has 1 N–H and O–H groups in total. The van der Waals surface area contributed by atoms with Crippen LogP contribution in [0.25, 0.3) is 0 Å². The van der Waals surface area contributed by atoms with Gasteiger partial charge in [-0.2, -0.15) is 0 Å². The Morgan fingerprint density at radius 3 is 2.27 bits per heavy atom. The zero-order valence-electron chi connectivity index (χ0n) is 7.22. The third-order valence-electron chi connectivity index (χ3n) is 1.08. The smallest absolute Gasteiger partial charge is 0.159 e. The second-order valence-corrected chi connectivity index (χ2v) is 2.38. The van der Waals surface area contributed by atoms with Gasteiger partial charge in [-0.1, -0.05) is 12.2 Å². The average molecular weight is 154 g/mol. The van der Waals surface area contributed by atoms with Crippen LogP contribution >= 0.6 is 0 Å². The Morgan fingerprint density at radius 1 is 1.45 bits per heavy atom. The standard InChI is InChI=1S/C9H14O2/c1-5-9(11-4)8(10)6-7(2)3/h5-6,10H,1H2,2-4H3/b9-8-. The SMILES string of the molecule is C=C/C(OC)=C(/O)C=C(C)C. The maximum Gasteiger partial charge on any atom is 0.159 e. The average Bonchev–Trinajstić information content (AvgIpc) is 1.88. The molecule has 0 amide bonds. The van der Waals surface area contributed by atoms with Gasteiger partial charge in [0.2, 0.25) is 0 Å². The van der Waals surface area contributed by atoms with Crippen molar-refractivity contribution >= 4 is 0 Å². The Labute approximate surface area is 67.5 Å². The van der Waals surface area contributed by atoms with Crippen molar-refractivity contribution in [1.82, 2.24) is 0 Å². The number of allylic oxidation sites excluding steroid dienone is 3. The first kappa shape index (κ1) is 9.82. The van der Waals surface area contributed by atoms with Gasteiger partial charge in [0, 0.05) is 0 Å². The van der Waals surface area contributed by atoms with Gasteiger partial charge in [0.05, 0.1) is 7.11 Å². The number of ether oxygens (including phenoxy) is 1. The Hall–Kier alpha value is -1.18. The summed E-state index contributed by atoms with van der Waals surface area (Å²) >= 11 is 0. The summed E-state index contributed by atoms with van der Waals surface area (Å²) in [7, 11) is 1.49. The van der Waals surface area contributed by atoms with Crippen molar-refractivity contribution in [3.8, 4) is 0 Å². The molecule has 0 aromatic carbocycles. The van der Waals surface area contributed by atoms with Gasteiger partial charge in [-0.25, -0.2) is 0 Å². The van der Waals surface area contributed by atoms with Crippen molar-refractivity contribution in [2.75, 3.05) is 7.11 Å². The lowest BCUT2D eigenvalue weighted by Crippen LogP contribution is -1.88. The Kier molecular flexibility index (Phi) is 4.11. The summed E-state index contributed by atoms with van der Waals surface area (Å²) in [5.41, 5.74) is 1.01. The maximum atomic E-state index is 9.29. The number of rotatable bonds is 3. The van der Waals surface area contributed by atoms with Crippen LogP contribution in [0.5, 0.6) is 0 Å². The highest BCUT2D eigenvalue weighted by Gasteiger charge is 1.96. The third kappa shape index (κ3) is 3.50. The first-order valence-corrected chi connectivity index (χ1v) is 3.36. The highest BCUT2D eigenvalue weighted by Crippen LogP contribution is 2.06. The van der Waals surface area contributed by atoms with Crippen molar-refractivity contribution in [2.24, 2.45) is 0 Å². The van der Waals surface area contributed by atoms with Crippen LogP contribution in [-0.4, -0.2) is 12.2 Å². The maximum absolute atomic E-state index is 9.29. The summed E-state index contributed by atoms with van der Waals surface area (Å²) in [5.74, 6) is 0.508. The van der Waals surface area contributed by atoms with Crippen LogP contribution in [-0.2, 0) is 4.74 Å². The second-order valence-electron chi connectivity index (χ2n) is 2.38. The summed E-state index contributed by atoms with van der Waals surface area (Å²) in [4.78, 5) is 0. The quantitative estimate of drug-likeness (QED) is 0.500. The molecule has 0 rings (SSSR count). The van der Waals surface area contributed by atoms with Crippen LogP contribution in [0.1, 0.15) is 13.8 Å². The van der Waals surface area contributed by atoms with Gasteiger partial charge >= 0.3 is 0 Å². The molecule has 11 heavy (non-hydrogen) atoms. The van der Waals surface area contributed by atoms with Gasteiger partial charge in [0.15, 0.2) is 11.5 Å². The van der Waals surface area contributed by atoms with Gasteiger partial charge in [-0.3, -0.25) is 0 Å². The van der Waals surface area contributed by atoms with E-state index in [2.05, 4.69) is 6.58 Å². The van der Waals surface area contributed by atoms with Gasteiger partial charge in [0.1, 0.15) is 0 Å². The number of hydrogen-bond acceptors (Lipinski definition) is 2. The van der Waals surface area contributed by atoms with E-state index in [9.17, 15) is 5.11 Å². The molecule has 0 fully saturated rings. The molecule has 0 aliphatic rings. The lowest BCUT2D eigenvalue weighted by molar-refractivity contribution is 0.275. The highest BCUT2D eigenvalue weighted by atomic mass is 16.5. The largest absolute Gasteiger partial charge is 0.504 e. The molecule has 2 nitrogen and oxygen atoms in total. The lowest BCUT2D eigenvalue weighted by Gasteiger charge is -2.01. The Balaban J connectivity index is 4.62. The fraction of sp³-hybridized carbons (Fsp3) is 0.333. The fourth-order valence-electron chi connectivity index (χ4n) is 0.637. The van der Waals surface area contributed by atoms with Gasteiger partial charge < -0.3 is 9.84 Å². The minimum Gasteiger partial charge on any atom is -0.504 e. The van der Waals surface area contributed by atoms with Crippen LogP contribution in [0, 0.1) is 0 Å². The molecule has 0 heterocycles. The number of aliphatic hydroxyl groups excluding tert-OH is 1. The zero-order chi connectivity index (χ0) is 8.85. The van der Waals surface area contributed by atoms with Crippen molar-refractivity contribution < 1.29 is 9.84 Å². The molecule has 0 aliphatic heterocycles. The molecule has 0 aromatic heterocycles. The van der Waals surface area contributed by atoms with E-state index in [-0.39, 0.29) is 5.76 Å². The molecule has 0 aromatic rings. The number of methoxy groups -OCH3 is 1. The predicted molar refractivity (Wildman–Crippen MR) is 46.3 cm³/mol. The van der Waals surface area contributed by atoms with Crippen LogP contribution in [0.15, 0.2) is 35.8 Å². The van der Waals surface area contributed by atoms with Crippen LogP contribution in [0.4, 0.5) is 0 Å². The topological polar surface area (TPSA) is 29.5 Å². The first-order chi connectivity index (χ1) is 5.11. The van der Waals surface area contributed by atoms with E-state index in [1.807, 2.05) is 13.8 Å². The van der Waals surface area contributed by atoms with Crippen molar-refractivity contribution in [3.63, 3.8) is 0 Å². The molecule has 0 saturated heterocycles. The fourth-order valence-corrected chi connectivity index (χ4v) is 0.637. The van der Waals surface area contributed by atoms with Gasteiger partial charge in [-0.05, 0) is 26.0 Å². The van der Waals surface area contributed by atoms with E-state index in [0.717, 1.165) is 5.57 Å². The number of hydrogen-bond donors (Lipinski definition) is 1. The summed E-state index contributed by atoms with van der Waals surface area (Å²) in [6, 6.07) is 0. The normalized spacial score (nSPS) is 11.5. The molecule has 0 atom stereocenters. The summed E-state index contributed by atoms with van der Waals surface area (Å²) in [6.07, 6.45) is 3.09. The second kappa shape index (κ2) is 4.61. The summed E-state index contributed by atoms with van der Waals surface area (Å²) in [6.45, 7) is 7.28. The van der Waals surface area contributed by atoms with Gasteiger partial charge in [-0.15, -0.1) is 0 Å². The summed E-state index contributed by atoms with van der Waals surface area (Å²) in [5, 5.41) is 9.29. The molecule has 0 saturated carbocycles. The minimum absolute atomic E-state index is 0.113. The van der Waals surface area contributed by atoms with Crippen molar-refractivity contribution in [3.05, 3.63) is 35.8 Å². The first-order valence-electron chi connectivity index (χ1n) is 3.36. The third-order valence-corrected chi connectivity index (χ3v) is 1.08. The molecule has 2 heteroatoms. The van der Waals surface area contributed by atoms with Crippen LogP contribution < -0.4 is 0 Å². The Morgan fingerprint density at radius 2 is 2.00 bits per heavy atom. The molecular formula is C9H14O2. The Bertz CT molecular complexity index is 196. The summed E-state index contributed by atoms with van der Waals surface area (Å²) < 4.78 is 4.83. The molecular weight excluding hydrogens is 140 g/mol. The van der Waals surface area contributed by atoms with E-state index < -0.39 is 0 Å². The van der Waals surface area contributed by atoms with Crippen LogP contribution in [0.2, 0.25) is 0 Å². The van der Waals surface area contributed by atoms with Crippen LogP contribution in [0.3, 0.4) is 0 Å². The van der Waals surface area contributed by atoms with E-state index in [4.69, 9.17) is 4.74 Å². The lowest BCUT2D eigenvalue weighted by atomic mass is 10.2. The monoisotopic (exact) mass is 154 g/mol. The number of aliphatic hydroxyl groups is 1. The van der Waals surface area contributed by atoms with E-state index in [1.54, 1.807) is 6.08 Å². The van der Waals surface area contributed by atoms with E-state index in [1.165, 1.54) is 13.2 Å². The predicted octanol–water partition coefficient (Wildman–Crippen LogP) is 2.55.